The molecule has 1 aromatic heterocycles. The Morgan fingerprint density at radius 2 is 2.12 bits per heavy atom. The van der Waals surface area contributed by atoms with Crippen molar-refractivity contribution in [3.63, 3.8) is 0 Å². The average Bonchev–Trinajstić information content (AvgIpc) is 2.15. The first kappa shape index (κ1) is 13.8. The smallest absolute Gasteiger partial charge is 0.433 e. The second-order valence-corrected chi connectivity index (χ2v) is 3.58. The summed E-state index contributed by atoms with van der Waals surface area (Å²) in [5, 5.41) is -0.316. The Bertz CT molecular complexity index is 423. The maximum absolute atomic E-state index is 12.4. The van der Waals surface area contributed by atoms with E-state index in [4.69, 9.17) is 11.6 Å². The van der Waals surface area contributed by atoms with Crippen LogP contribution in [-0.2, 0) is 10.9 Å². The number of rotatable bonds is 2. The number of hydrogen-bond acceptors (Lipinski definition) is 3. The fourth-order valence-electron chi connectivity index (χ4n) is 1.23. The predicted octanol–water partition coefficient (Wildman–Crippen LogP) is 3.24. The van der Waals surface area contributed by atoms with E-state index >= 15 is 0 Å². The van der Waals surface area contributed by atoms with Crippen LogP contribution in [0.2, 0.25) is 5.02 Å². The second-order valence-electron chi connectivity index (χ2n) is 3.17. The summed E-state index contributed by atoms with van der Waals surface area (Å²) < 4.78 is 41.8. The zero-order valence-corrected chi connectivity index (χ0v) is 9.82. The summed E-state index contributed by atoms with van der Waals surface area (Å²) in [5.41, 5.74) is -1.38. The number of carbonyl (C=O) groups excluding carboxylic acids is 1. The van der Waals surface area contributed by atoms with Gasteiger partial charge in [0.25, 0.3) is 0 Å². The second kappa shape index (κ2) is 4.91. The maximum Gasteiger partial charge on any atom is 0.433 e. The average molecular weight is 268 g/mol. The van der Waals surface area contributed by atoms with Gasteiger partial charge < -0.3 is 4.74 Å². The third-order valence-corrected chi connectivity index (χ3v) is 2.22. The standard InChI is InChI=1S/C10H9ClF3NO2/c1-3-17-9(16)8-5(2)15-7(4-6(8)11)10(12,13)14/h4H,3H2,1-2H3. The van der Waals surface area contributed by atoms with Gasteiger partial charge in [-0.05, 0) is 19.9 Å². The van der Waals surface area contributed by atoms with Gasteiger partial charge in [0.1, 0.15) is 5.69 Å². The molecule has 0 aliphatic rings. The van der Waals surface area contributed by atoms with Gasteiger partial charge >= 0.3 is 12.1 Å². The topological polar surface area (TPSA) is 39.2 Å². The lowest BCUT2D eigenvalue weighted by Gasteiger charge is -2.11. The van der Waals surface area contributed by atoms with Crippen molar-refractivity contribution in [1.82, 2.24) is 4.98 Å². The van der Waals surface area contributed by atoms with Crippen LogP contribution in [0.4, 0.5) is 13.2 Å². The molecular weight excluding hydrogens is 259 g/mol. The molecule has 94 valence electrons. The molecule has 0 saturated carbocycles. The Hall–Kier alpha value is -1.30. The van der Waals surface area contributed by atoms with Gasteiger partial charge in [0.15, 0.2) is 0 Å². The largest absolute Gasteiger partial charge is 0.462 e. The van der Waals surface area contributed by atoms with Gasteiger partial charge in [-0.15, -0.1) is 0 Å². The molecule has 0 spiro atoms. The molecule has 1 aromatic rings. The number of carbonyl (C=O) groups is 1. The molecule has 0 aliphatic heterocycles. The third kappa shape index (κ3) is 3.09. The third-order valence-electron chi connectivity index (χ3n) is 1.92. The van der Waals surface area contributed by atoms with Crippen LogP contribution in [0, 0.1) is 6.92 Å². The molecule has 0 atom stereocenters. The normalized spacial score (nSPS) is 11.4. The predicted molar refractivity (Wildman–Crippen MR) is 54.9 cm³/mol. The van der Waals surface area contributed by atoms with Crippen molar-refractivity contribution < 1.29 is 22.7 Å². The summed E-state index contributed by atoms with van der Waals surface area (Å²) in [6, 6.07) is 0.612. The lowest BCUT2D eigenvalue weighted by atomic mass is 10.2. The minimum absolute atomic E-state index is 0.107. The highest BCUT2D eigenvalue weighted by Crippen LogP contribution is 2.31. The molecule has 1 heterocycles. The van der Waals surface area contributed by atoms with Crippen molar-refractivity contribution in [2.24, 2.45) is 0 Å². The summed E-state index contributed by atoms with van der Waals surface area (Å²) >= 11 is 5.63. The lowest BCUT2D eigenvalue weighted by molar-refractivity contribution is -0.141. The van der Waals surface area contributed by atoms with E-state index in [1.54, 1.807) is 6.92 Å². The molecule has 17 heavy (non-hydrogen) atoms. The number of hydrogen-bond donors (Lipinski definition) is 0. The van der Waals surface area contributed by atoms with Crippen molar-refractivity contribution in [2.45, 2.75) is 20.0 Å². The summed E-state index contributed by atoms with van der Waals surface area (Å²) in [7, 11) is 0. The number of nitrogens with zero attached hydrogens (tertiary/aromatic N) is 1. The number of alkyl halides is 3. The minimum atomic E-state index is -4.60. The van der Waals surface area contributed by atoms with E-state index in [0.29, 0.717) is 6.07 Å². The zero-order chi connectivity index (χ0) is 13.2. The molecule has 0 amide bonds. The van der Waals surface area contributed by atoms with E-state index in [-0.39, 0.29) is 22.9 Å². The fraction of sp³-hybridized carbons (Fsp3) is 0.400. The minimum Gasteiger partial charge on any atom is -0.462 e. The number of esters is 1. The molecule has 0 N–H and O–H groups in total. The first-order chi connectivity index (χ1) is 7.77. The van der Waals surface area contributed by atoms with Crippen LogP contribution >= 0.6 is 11.6 Å². The number of halogens is 4. The Morgan fingerprint density at radius 1 is 1.53 bits per heavy atom. The highest BCUT2D eigenvalue weighted by Gasteiger charge is 2.34. The molecule has 0 fully saturated rings. The molecule has 0 bridgehead atoms. The highest BCUT2D eigenvalue weighted by atomic mass is 35.5. The fourth-order valence-corrected chi connectivity index (χ4v) is 1.54. The molecule has 0 aliphatic carbocycles. The maximum atomic E-state index is 12.4. The SMILES string of the molecule is CCOC(=O)c1c(Cl)cc(C(F)(F)F)nc1C. The van der Waals surface area contributed by atoms with Crippen LogP contribution in [0.3, 0.4) is 0 Å². The van der Waals surface area contributed by atoms with Gasteiger partial charge in [0, 0.05) is 0 Å². The van der Waals surface area contributed by atoms with E-state index in [2.05, 4.69) is 9.72 Å². The lowest BCUT2D eigenvalue weighted by Crippen LogP contribution is -2.14. The molecular formula is C10H9ClF3NO2. The molecule has 0 unspecified atom stereocenters. The summed E-state index contributed by atoms with van der Waals surface area (Å²) in [6.45, 7) is 2.96. The Morgan fingerprint density at radius 3 is 2.53 bits per heavy atom. The van der Waals surface area contributed by atoms with Crippen molar-refractivity contribution in [3.05, 3.63) is 28.0 Å². The van der Waals surface area contributed by atoms with E-state index in [0.717, 1.165) is 0 Å². The highest BCUT2D eigenvalue weighted by molar-refractivity contribution is 6.33. The summed E-state index contributed by atoms with van der Waals surface area (Å²) in [5.74, 6) is -0.781. The van der Waals surface area contributed by atoms with Gasteiger partial charge in [0.2, 0.25) is 0 Å². The Balaban J connectivity index is 3.25. The first-order valence-corrected chi connectivity index (χ1v) is 5.06. The Labute approximate surface area is 101 Å². The molecule has 0 saturated heterocycles. The van der Waals surface area contributed by atoms with E-state index in [9.17, 15) is 18.0 Å². The zero-order valence-electron chi connectivity index (χ0n) is 9.06. The quantitative estimate of drug-likeness (QED) is 0.772. The van der Waals surface area contributed by atoms with Crippen molar-refractivity contribution in [2.75, 3.05) is 6.61 Å². The van der Waals surface area contributed by atoms with Crippen LogP contribution in [0.5, 0.6) is 0 Å². The van der Waals surface area contributed by atoms with Gasteiger partial charge in [-0.3, -0.25) is 0 Å². The molecule has 3 nitrogen and oxygen atoms in total. The molecule has 1 rings (SSSR count). The van der Waals surface area contributed by atoms with Crippen molar-refractivity contribution in [1.29, 1.82) is 0 Å². The number of aryl methyl sites for hydroxylation is 1. The number of ether oxygens (including phenoxy) is 1. The molecule has 0 aromatic carbocycles. The summed E-state index contributed by atoms with van der Waals surface area (Å²) in [4.78, 5) is 14.7. The van der Waals surface area contributed by atoms with Crippen LogP contribution in [0.15, 0.2) is 6.07 Å². The Kier molecular flexibility index (Phi) is 3.98. The van der Waals surface area contributed by atoms with Crippen LogP contribution < -0.4 is 0 Å². The van der Waals surface area contributed by atoms with E-state index < -0.39 is 17.8 Å². The van der Waals surface area contributed by atoms with Gasteiger partial charge in [-0.1, -0.05) is 11.6 Å². The van der Waals surface area contributed by atoms with E-state index in [1.165, 1.54) is 6.92 Å². The first-order valence-electron chi connectivity index (χ1n) is 4.68. The van der Waals surface area contributed by atoms with Crippen molar-refractivity contribution >= 4 is 17.6 Å². The molecule has 7 heteroatoms. The van der Waals surface area contributed by atoms with Crippen molar-refractivity contribution in [3.8, 4) is 0 Å². The number of pyridine rings is 1. The van der Waals surface area contributed by atoms with Gasteiger partial charge in [-0.2, -0.15) is 13.2 Å². The monoisotopic (exact) mass is 267 g/mol. The van der Waals surface area contributed by atoms with Crippen LogP contribution in [-0.4, -0.2) is 17.6 Å². The van der Waals surface area contributed by atoms with Crippen LogP contribution in [0.25, 0.3) is 0 Å². The molecule has 0 radical (unpaired) electrons. The number of aromatic nitrogens is 1. The van der Waals surface area contributed by atoms with Gasteiger partial charge in [-0.25, -0.2) is 9.78 Å². The van der Waals surface area contributed by atoms with Gasteiger partial charge in [0.05, 0.1) is 22.9 Å². The van der Waals surface area contributed by atoms with E-state index in [1.807, 2.05) is 0 Å². The van der Waals surface area contributed by atoms with Crippen LogP contribution in [0.1, 0.15) is 28.7 Å². The summed E-state index contributed by atoms with van der Waals surface area (Å²) in [6.07, 6.45) is -4.60.